The van der Waals surface area contributed by atoms with Gasteiger partial charge in [0.25, 0.3) is 0 Å². The molecule has 0 radical (unpaired) electrons. The zero-order valence-electron chi connectivity index (χ0n) is 14.3. The molecular formula is C21H21F3O3. The van der Waals surface area contributed by atoms with E-state index in [1.54, 1.807) is 36.4 Å². The summed E-state index contributed by atoms with van der Waals surface area (Å²) >= 11 is 0. The molecule has 0 spiro atoms. The minimum absolute atomic E-state index is 0. The summed E-state index contributed by atoms with van der Waals surface area (Å²) in [6, 6.07) is 27.3. The average molecular weight is 378 g/mol. The van der Waals surface area contributed by atoms with E-state index in [1.807, 2.05) is 54.6 Å². The van der Waals surface area contributed by atoms with E-state index >= 15 is 0 Å². The van der Waals surface area contributed by atoms with Crippen LogP contribution in [0, 0.1) is 0 Å². The Hall–Kier alpha value is -3.54. The number of carbonyl (C=O) groups excluding carboxylic acids is 3. The number of halogens is 3. The molecule has 0 saturated heterocycles. The first-order valence-corrected chi connectivity index (χ1v) is 7.31. The summed E-state index contributed by atoms with van der Waals surface area (Å²) in [5.41, 5.74) is 2.19. The molecule has 0 fully saturated rings. The molecule has 0 aliphatic carbocycles. The smallest absolute Gasteiger partial charge is 0.150 e. The highest BCUT2D eigenvalue weighted by Gasteiger charge is 1.81. The second kappa shape index (κ2) is 18.8. The molecule has 0 amide bonds. The minimum Gasteiger partial charge on any atom is -0.298 e. The molecule has 0 saturated carbocycles. The van der Waals surface area contributed by atoms with Gasteiger partial charge in [-0.3, -0.25) is 28.5 Å². The van der Waals surface area contributed by atoms with Crippen LogP contribution in [0.4, 0.5) is 14.1 Å². The van der Waals surface area contributed by atoms with Gasteiger partial charge in [-0.15, -0.1) is 0 Å². The summed E-state index contributed by atoms with van der Waals surface area (Å²) in [7, 11) is 0. The van der Waals surface area contributed by atoms with E-state index in [0.717, 1.165) is 35.5 Å². The number of benzene rings is 3. The van der Waals surface area contributed by atoms with Crippen LogP contribution in [0.3, 0.4) is 0 Å². The number of aldehydes is 3. The molecule has 3 aromatic rings. The van der Waals surface area contributed by atoms with Crippen molar-refractivity contribution in [1.29, 1.82) is 0 Å². The van der Waals surface area contributed by atoms with Crippen LogP contribution in [-0.2, 0) is 0 Å². The largest absolute Gasteiger partial charge is 0.298 e. The van der Waals surface area contributed by atoms with Crippen LogP contribution < -0.4 is 0 Å². The fraction of sp³-hybridized carbons (Fsp3) is 0. The van der Waals surface area contributed by atoms with Crippen LogP contribution in [0.25, 0.3) is 0 Å². The fourth-order valence-electron chi connectivity index (χ4n) is 1.59. The summed E-state index contributed by atoms with van der Waals surface area (Å²) in [5.74, 6) is 0. The van der Waals surface area contributed by atoms with Crippen molar-refractivity contribution in [1.82, 2.24) is 0 Å². The molecule has 0 aliphatic heterocycles. The van der Waals surface area contributed by atoms with Crippen LogP contribution in [-0.4, -0.2) is 18.9 Å². The number of hydrogen-bond donors (Lipinski definition) is 0. The van der Waals surface area contributed by atoms with Gasteiger partial charge < -0.3 is 0 Å². The van der Waals surface area contributed by atoms with E-state index < -0.39 is 0 Å². The first kappa shape index (κ1) is 28.3. The monoisotopic (exact) mass is 378 g/mol. The van der Waals surface area contributed by atoms with E-state index in [-0.39, 0.29) is 14.1 Å². The third-order valence-corrected chi connectivity index (χ3v) is 2.81. The lowest BCUT2D eigenvalue weighted by Gasteiger charge is -1.81. The summed E-state index contributed by atoms with van der Waals surface area (Å²) in [5, 5.41) is 0. The Kier molecular flexibility index (Phi) is 19.7. The van der Waals surface area contributed by atoms with Crippen molar-refractivity contribution in [2.45, 2.75) is 0 Å². The minimum atomic E-state index is 0. The van der Waals surface area contributed by atoms with Crippen molar-refractivity contribution >= 4 is 18.9 Å². The van der Waals surface area contributed by atoms with Gasteiger partial charge in [0.05, 0.1) is 0 Å². The number of rotatable bonds is 3. The maximum absolute atomic E-state index is 10.0. The fourth-order valence-corrected chi connectivity index (χ4v) is 1.59. The SMILES string of the molecule is F.F.F.O=Cc1ccccc1.O=Cc1ccccc1.O=Cc1ccccc1. The van der Waals surface area contributed by atoms with Gasteiger partial charge in [-0.05, 0) is 0 Å². The topological polar surface area (TPSA) is 51.2 Å². The second-order valence-corrected chi connectivity index (χ2v) is 4.59. The summed E-state index contributed by atoms with van der Waals surface area (Å²) in [6.45, 7) is 0. The lowest BCUT2D eigenvalue weighted by atomic mass is 10.2. The highest BCUT2D eigenvalue weighted by Crippen LogP contribution is 1.92. The summed E-state index contributed by atoms with van der Waals surface area (Å²) in [6.07, 6.45) is 2.50. The number of hydrogen-bond acceptors (Lipinski definition) is 3. The average Bonchev–Trinajstić information content (AvgIpc) is 2.71. The van der Waals surface area contributed by atoms with Gasteiger partial charge in [-0.2, -0.15) is 0 Å². The van der Waals surface area contributed by atoms with Crippen molar-refractivity contribution in [2.75, 3.05) is 0 Å². The first-order valence-electron chi connectivity index (χ1n) is 7.31. The molecule has 0 heterocycles. The van der Waals surface area contributed by atoms with E-state index in [2.05, 4.69) is 0 Å². The normalized spacial score (nSPS) is 7.56. The van der Waals surface area contributed by atoms with E-state index in [1.165, 1.54) is 0 Å². The molecule has 0 bridgehead atoms. The van der Waals surface area contributed by atoms with Crippen LogP contribution in [0.1, 0.15) is 31.1 Å². The standard InChI is InChI=1S/3C7H6O.3FH/c3*8-6-7-4-2-1-3-5-7;;;/h3*1-6H;3*1H. The van der Waals surface area contributed by atoms with Gasteiger partial charge in [-0.1, -0.05) is 91.0 Å². The molecule has 0 aliphatic rings. The Bertz CT molecular complexity index is 618. The zero-order valence-corrected chi connectivity index (χ0v) is 14.3. The Morgan fingerprint density at radius 3 is 0.667 bits per heavy atom. The molecule has 0 aromatic heterocycles. The van der Waals surface area contributed by atoms with Crippen LogP contribution >= 0.6 is 0 Å². The Morgan fingerprint density at radius 2 is 0.556 bits per heavy atom. The van der Waals surface area contributed by atoms with Gasteiger partial charge in [0.15, 0.2) is 0 Å². The molecule has 6 heteroatoms. The molecule has 144 valence electrons. The van der Waals surface area contributed by atoms with E-state index in [4.69, 9.17) is 0 Å². The molecule has 0 N–H and O–H groups in total. The van der Waals surface area contributed by atoms with Crippen molar-refractivity contribution in [3.05, 3.63) is 108 Å². The highest BCUT2D eigenvalue weighted by molar-refractivity contribution is 5.75. The van der Waals surface area contributed by atoms with Crippen molar-refractivity contribution < 1.29 is 28.5 Å². The summed E-state index contributed by atoms with van der Waals surface area (Å²) < 4.78 is 0. The third kappa shape index (κ3) is 13.4. The second-order valence-electron chi connectivity index (χ2n) is 4.59. The maximum atomic E-state index is 10.0. The third-order valence-electron chi connectivity index (χ3n) is 2.81. The molecule has 0 unspecified atom stereocenters. The van der Waals surface area contributed by atoms with Crippen LogP contribution in [0.15, 0.2) is 91.0 Å². The molecular weight excluding hydrogens is 357 g/mol. The van der Waals surface area contributed by atoms with Gasteiger partial charge in [-0.25, -0.2) is 0 Å². The van der Waals surface area contributed by atoms with E-state index in [0.29, 0.717) is 0 Å². The first-order chi connectivity index (χ1) is 11.8. The Morgan fingerprint density at radius 1 is 0.370 bits per heavy atom. The van der Waals surface area contributed by atoms with Crippen molar-refractivity contribution in [3.63, 3.8) is 0 Å². The quantitative estimate of drug-likeness (QED) is 0.606. The van der Waals surface area contributed by atoms with Gasteiger partial charge in [0.2, 0.25) is 0 Å². The molecule has 3 nitrogen and oxygen atoms in total. The van der Waals surface area contributed by atoms with Gasteiger partial charge in [0.1, 0.15) is 18.9 Å². The Balaban J connectivity index is -0.000000303. The lowest BCUT2D eigenvalue weighted by molar-refractivity contribution is 0.111. The number of carbonyl (C=O) groups is 3. The van der Waals surface area contributed by atoms with E-state index in [9.17, 15) is 14.4 Å². The van der Waals surface area contributed by atoms with Gasteiger partial charge in [0, 0.05) is 16.7 Å². The molecule has 27 heavy (non-hydrogen) atoms. The molecule has 3 aromatic carbocycles. The van der Waals surface area contributed by atoms with Crippen molar-refractivity contribution in [2.24, 2.45) is 0 Å². The molecule has 0 atom stereocenters. The lowest BCUT2D eigenvalue weighted by Crippen LogP contribution is -1.73. The molecule has 3 rings (SSSR count). The predicted molar refractivity (Wildman–Crippen MR) is 103 cm³/mol. The van der Waals surface area contributed by atoms with Gasteiger partial charge >= 0.3 is 0 Å². The van der Waals surface area contributed by atoms with Crippen molar-refractivity contribution in [3.8, 4) is 0 Å². The summed E-state index contributed by atoms with van der Waals surface area (Å²) in [4.78, 5) is 30.0. The van der Waals surface area contributed by atoms with Crippen LogP contribution in [0.2, 0.25) is 0 Å². The maximum Gasteiger partial charge on any atom is 0.150 e. The zero-order chi connectivity index (χ0) is 17.5. The Labute approximate surface area is 155 Å². The predicted octanol–water partition coefficient (Wildman–Crippen LogP) is 4.95. The highest BCUT2D eigenvalue weighted by atomic mass is 19.0. The van der Waals surface area contributed by atoms with Crippen LogP contribution in [0.5, 0.6) is 0 Å².